The Morgan fingerprint density at radius 2 is 1.84 bits per heavy atom. The van der Waals surface area contributed by atoms with Crippen LogP contribution in [0.4, 0.5) is 15.8 Å². The highest BCUT2D eigenvalue weighted by Gasteiger charge is 2.45. The van der Waals surface area contributed by atoms with E-state index in [1.54, 1.807) is 36.4 Å². The van der Waals surface area contributed by atoms with Gasteiger partial charge in [0.1, 0.15) is 17.3 Å². The van der Waals surface area contributed by atoms with E-state index in [2.05, 4.69) is 15.1 Å². The maximum absolute atomic E-state index is 13.2. The van der Waals surface area contributed by atoms with Crippen LogP contribution in [0.15, 0.2) is 65.5 Å². The molecule has 0 unspecified atom stereocenters. The number of aromatic amines is 1. The first-order chi connectivity index (χ1) is 15.4. The van der Waals surface area contributed by atoms with Crippen LogP contribution in [0.5, 0.6) is 0 Å². The molecule has 1 amide bonds. The van der Waals surface area contributed by atoms with Gasteiger partial charge in [0, 0.05) is 17.7 Å². The summed E-state index contributed by atoms with van der Waals surface area (Å²) in [6, 6.07) is 15.2. The number of hydrogen-bond donors (Lipinski definition) is 2. The van der Waals surface area contributed by atoms with E-state index in [4.69, 9.17) is 6.57 Å². The van der Waals surface area contributed by atoms with Gasteiger partial charge in [0.25, 0.3) is 11.5 Å². The van der Waals surface area contributed by atoms with Gasteiger partial charge in [0.2, 0.25) is 0 Å². The number of nitrogens with one attached hydrogen (secondary N) is 2. The topological polar surface area (TPSA) is 83.4 Å². The molecule has 4 rings (SSSR count). The predicted molar refractivity (Wildman–Crippen MR) is 118 cm³/mol. The van der Waals surface area contributed by atoms with Crippen molar-refractivity contribution in [3.8, 4) is 0 Å². The second-order valence-corrected chi connectivity index (χ2v) is 7.89. The van der Waals surface area contributed by atoms with Crippen LogP contribution in [0.1, 0.15) is 40.9 Å². The maximum atomic E-state index is 13.2. The van der Waals surface area contributed by atoms with Crippen molar-refractivity contribution in [1.82, 2.24) is 4.98 Å². The normalized spacial score (nSPS) is 14.1. The molecule has 0 atom stereocenters. The zero-order valence-corrected chi connectivity index (χ0v) is 17.2. The number of rotatable bonds is 6. The Labute approximate surface area is 183 Å². The van der Waals surface area contributed by atoms with Crippen LogP contribution in [0, 0.1) is 12.4 Å². The highest BCUT2D eigenvalue weighted by Crippen LogP contribution is 2.44. The van der Waals surface area contributed by atoms with Gasteiger partial charge in [-0.3, -0.25) is 14.4 Å². The largest absolute Gasteiger partial charge is 0.323 e. The summed E-state index contributed by atoms with van der Waals surface area (Å²) in [4.78, 5) is 44.3. The van der Waals surface area contributed by atoms with Crippen LogP contribution in [0.3, 0.4) is 0 Å². The fourth-order valence-corrected chi connectivity index (χ4v) is 3.95. The Bertz CT molecular complexity index is 1280. The molecular weight excluding hydrogens is 409 g/mol. The number of ketones is 1. The highest BCUT2D eigenvalue weighted by atomic mass is 19.1. The van der Waals surface area contributed by atoms with E-state index in [0.717, 1.165) is 12.0 Å². The van der Waals surface area contributed by atoms with Crippen molar-refractivity contribution in [2.24, 2.45) is 0 Å². The number of benzene rings is 2. The summed E-state index contributed by atoms with van der Waals surface area (Å²) in [6.07, 6.45) is 2.27. The number of Topliss-reactive ketones (excluding diaryl/α,β-unsaturated/α-hetero) is 1. The summed E-state index contributed by atoms with van der Waals surface area (Å²) in [5.74, 6) is -0.888. The standard InChI is InChI=1S/C25H20FN3O3/c1-27-19-5-2-4-17(15-19)23(31)28-20-10-11-21(29-24(20)32)25(12-3-13-25)22(30)14-16-6-8-18(26)9-7-16/h2,4-11,15H,3,12-14H2,(H,28,31)(H,29,32). The minimum Gasteiger partial charge on any atom is -0.323 e. The SMILES string of the molecule is [C-]#[N+]c1cccc(C(=O)Nc2ccc(C3(C(=O)Cc4ccc(F)cc4)CCC3)[nH]c2=O)c1. The van der Waals surface area contributed by atoms with E-state index in [9.17, 15) is 18.8 Å². The molecule has 32 heavy (non-hydrogen) atoms. The first-order valence-electron chi connectivity index (χ1n) is 10.2. The van der Waals surface area contributed by atoms with E-state index in [1.807, 2.05) is 0 Å². The fraction of sp³-hybridized carbons (Fsp3) is 0.200. The van der Waals surface area contributed by atoms with Gasteiger partial charge in [-0.25, -0.2) is 9.24 Å². The van der Waals surface area contributed by atoms with Crippen LogP contribution < -0.4 is 10.9 Å². The second kappa shape index (κ2) is 8.60. The lowest BCUT2D eigenvalue weighted by Gasteiger charge is -2.40. The number of pyridine rings is 1. The third kappa shape index (κ3) is 4.08. The van der Waals surface area contributed by atoms with Crippen molar-refractivity contribution in [2.75, 3.05) is 5.32 Å². The Morgan fingerprint density at radius 3 is 2.47 bits per heavy atom. The number of hydrogen-bond acceptors (Lipinski definition) is 3. The van der Waals surface area contributed by atoms with E-state index in [0.29, 0.717) is 24.2 Å². The molecule has 160 valence electrons. The van der Waals surface area contributed by atoms with Gasteiger partial charge < -0.3 is 10.3 Å². The lowest BCUT2D eigenvalue weighted by Crippen LogP contribution is -2.45. The average Bonchev–Trinajstić information content (AvgIpc) is 2.76. The molecule has 1 heterocycles. The number of nitrogens with zero attached hydrogens (tertiary/aromatic N) is 1. The Hall–Kier alpha value is -4.05. The van der Waals surface area contributed by atoms with E-state index in [1.165, 1.54) is 24.3 Å². The molecule has 0 saturated heterocycles. The summed E-state index contributed by atoms with van der Waals surface area (Å²) in [5.41, 5.74) is 0.621. The van der Waals surface area contributed by atoms with Crippen molar-refractivity contribution in [3.05, 3.63) is 105 Å². The second-order valence-electron chi connectivity index (χ2n) is 7.89. The molecule has 1 fully saturated rings. The number of amides is 1. The van der Waals surface area contributed by atoms with Crippen molar-refractivity contribution in [3.63, 3.8) is 0 Å². The molecule has 1 aromatic heterocycles. The minimum atomic E-state index is -0.778. The molecule has 1 aliphatic carbocycles. The number of carbonyl (C=O) groups is 2. The van der Waals surface area contributed by atoms with E-state index >= 15 is 0 Å². The lowest BCUT2D eigenvalue weighted by atomic mass is 9.62. The third-order valence-corrected chi connectivity index (χ3v) is 5.93. The zero-order valence-electron chi connectivity index (χ0n) is 17.2. The number of halogens is 1. The average molecular weight is 429 g/mol. The van der Waals surface area contributed by atoms with Gasteiger partial charge in [-0.05, 0) is 48.7 Å². The minimum absolute atomic E-state index is 0.0289. The van der Waals surface area contributed by atoms with Crippen molar-refractivity contribution in [2.45, 2.75) is 31.1 Å². The Kier molecular flexibility index (Phi) is 5.69. The van der Waals surface area contributed by atoms with Gasteiger partial charge in [-0.1, -0.05) is 36.8 Å². The zero-order chi connectivity index (χ0) is 22.7. The first kappa shape index (κ1) is 21.2. The van der Waals surface area contributed by atoms with Crippen LogP contribution in [0.25, 0.3) is 4.85 Å². The molecule has 1 saturated carbocycles. The van der Waals surface area contributed by atoms with Gasteiger partial charge in [0.05, 0.1) is 12.0 Å². The summed E-state index contributed by atoms with van der Waals surface area (Å²) < 4.78 is 13.2. The van der Waals surface area contributed by atoms with Crippen molar-refractivity contribution in [1.29, 1.82) is 0 Å². The molecule has 7 heteroatoms. The molecule has 0 aliphatic heterocycles. The molecule has 2 aromatic carbocycles. The Morgan fingerprint density at radius 1 is 1.09 bits per heavy atom. The smallest absolute Gasteiger partial charge is 0.271 e. The maximum Gasteiger partial charge on any atom is 0.271 e. The molecule has 0 radical (unpaired) electrons. The van der Waals surface area contributed by atoms with Crippen LogP contribution >= 0.6 is 0 Å². The number of anilines is 1. The van der Waals surface area contributed by atoms with Gasteiger partial charge >= 0.3 is 0 Å². The molecular formula is C25H20FN3O3. The van der Waals surface area contributed by atoms with E-state index < -0.39 is 16.9 Å². The number of carbonyl (C=O) groups excluding carboxylic acids is 2. The third-order valence-electron chi connectivity index (χ3n) is 5.93. The summed E-state index contributed by atoms with van der Waals surface area (Å²) in [5, 5.41) is 2.56. The Balaban J connectivity index is 1.54. The molecule has 3 aromatic rings. The van der Waals surface area contributed by atoms with Crippen molar-refractivity contribution < 1.29 is 14.0 Å². The molecule has 0 spiro atoms. The molecule has 6 nitrogen and oxygen atoms in total. The molecule has 0 bridgehead atoms. The molecule has 1 aliphatic rings. The first-order valence-corrected chi connectivity index (χ1v) is 10.2. The van der Waals surface area contributed by atoms with Gasteiger partial charge in [0.15, 0.2) is 5.69 Å². The lowest BCUT2D eigenvalue weighted by molar-refractivity contribution is -0.127. The molecule has 2 N–H and O–H groups in total. The van der Waals surface area contributed by atoms with Gasteiger partial charge in [-0.15, -0.1) is 0 Å². The van der Waals surface area contributed by atoms with Gasteiger partial charge in [-0.2, -0.15) is 0 Å². The summed E-state index contributed by atoms with van der Waals surface area (Å²) >= 11 is 0. The summed E-state index contributed by atoms with van der Waals surface area (Å²) in [7, 11) is 0. The number of aromatic nitrogens is 1. The summed E-state index contributed by atoms with van der Waals surface area (Å²) in [6.45, 7) is 7.05. The van der Waals surface area contributed by atoms with Crippen LogP contribution in [0.2, 0.25) is 0 Å². The number of H-pyrrole nitrogens is 1. The monoisotopic (exact) mass is 429 g/mol. The predicted octanol–water partition coefficient (Wildman–Crippen LogP) is 4.55. The van der Waals surface area contributed by atoms with Crippen molar-refractivity contribution >= 4 is 23.1 Å². The quantitative estimate of drug-likeness (QED) is 0.564. The fourth-order valence-electron chi connectivity index (χ4n) is 3.95. The highest BCUT2D eigenvalue weighted by molar-refractivity contribution is 6.04. The van der Waals surface area contributed by atoms with Crippen LogP contribution in [-0.2, 0) is 16.6 Å². The van der Waals surface area contributed by atoms with Crippen LogP contribution in [-0.4, -0.2) is 16.7 Å². The van der Waals surface area contributed by atoms with E-state index in [-0.39, 0.29) is 29.3 Å².